The molecule has 3 atom stereocenters. The molecule has 120 valence electrons. The van der Waals surface area contributed by atoms with Crippen LogP contribution >= 0.6 is 0 Å². The number of aliphatic carboxylic acids is 1. The van der Waals surface area contributed by atoms with Crippen LogP contribution in [-0.4, -0.2) is 60.9 Å². The third kappa shape index (κ3) is 4.97. The molecule has 3 unspecified atom stereocenters. The molecular weight excluding hydrogens is 274 g/mol. The fraction of sp³-hybridized carbons (Fsp3) is 0.867. The lowest BCUT2D eigenvalue weighted by Crippen LogP contribution is -2.45. The van der Waals surface area contributed by atoms with Crippen molar-refractivity contribution in [3.63, 3.8) is 0 Å². The summed E-state index contributed by atoms with van der Waals surface area (Å²) in [6.07, 6.45) is 3.24. The number of rotatable bonds is 6. The van der Waals surface area contributed by atoms with E-state index in [1.165, 1.54) is 0 Å². The van der Waals surface area contributed by atoms with Gasteiger partial charge in [-0.3, -0.25) is 9.59 Å². The van der Waals surface area contributed by atoms with E-state index in [-0.39, 0.29) is 17.9 Å². The van der Waals surface area contributed by atoms with Crippen molar-refractivity contribution >= 4 is 11.9 Å². The maximum atomic E-state index is 12.1. The average Bonchev–Trinajstić information content (AvgIpc) is 2.95. The number of carbonyl (C=O) groups is 2. The van der Waals surface area contributed by atoms with Gasteiger partial charge in [0, 0.05) is 19.7 Å². The first kappa shape index (κ1) is 16.2. The van der Waals surface area contributed by atoms with Crippen molar-refractivity contribution in [1.29, 1.82) is 0 Å². The van der Waals surface area contributed by atoms with Gasteiger partial charge in [0.25, 0.3) is 0 Å². The highest BCUT2D eigenvalue weighted by atomic mass is 16.5. The summed E-state index contributed by atoms with van der Waals surface area (Å²) >= 11 is 0. The molecule has 6 nitrogen and oxygen atoms in total. The molecule has 1 amide bonds. The van der Waals surface area contributed by atoms with Crippen LogP contribution in [-0.2, 0) is 19.1 Å². The normalized spacial score (nSPS) is 29.6. The van der Waals surface area contributed by atoms with Crippen molar-refractivity contribution in [1.82, 2.24) is 4.90 Å². The zero-order valence-electron chi connectivity index (χ0n) is 12.6. The molecule has 0 aromatic rings. The fourth-order valence-corrected chi connectivity index (χ4v) is 3.04. The highest BCUT2D eigenvalue weighted by molar-refractivity contribution is 5.78. The first-order valence-electron chi connectivity index (χ1n) is 7.76. The molecule has 2 heterocycles. The number of carboxylic acids is 1. The first-order chi connectivity index (χ1) is 10.1. The Morgan fingerprint density at radius 1 is 1.38 bits per heavy atom. The summed E-state index contributed by atoms with van der Waals surface area (Å²) in [5.74, 6) is -1.03. The number of hydrogen-bond acceptors (Lipinski definition) is 4. The smallest absolute Gasteiger partial charge is 0.308 e. The van der Waals surface area contributed by atoms with Crippen molar-refractivity contribution in [2.75, 3.05) is 32.9 Å². The minimum absolute atomic E-state index is 0.0138. The van der Waals surface area contributed by atoms with Crippen molar-refractivity contribution < 1.29 is 24.2 Å². The quantitative estimate of drug-likeness (QED) is 0.744. The summed E-state index contributed by atoms with van der Waals surface area (Å²) in [5.41, 5.74) is 0. The molecule has 2 fully saturated rings. The van der Waals surface area contributed by atoms with E-state index < -0.39 is 11.9 Å². The van der Waals surface area contributed by atoms with Gasteiger partial charge in [0.2, 0.25) is 5.91 Å². The van der Waals surface area contributed by atoms with E-state index >= 15 is 0 Å². The Bertz CT molecular complexity index is 367. The van der Waals surface area contributed by atoms with E-state index in [0.717, 1.165) is 19.4 Å². The van der Waals surface area contributed by atoms with Crippen molar-refractivity contribution in [3.8, 4) is 0 Å². The van der Waals surface area contributed by atoms with Crippen LogP contribution in [0.5, 0.6) is 0 Å². The van der Waals surface area contributed by atoms with Gasteiger partial charge in [0.05, 0.1) is 31.7 Å². The number of carboxylic acid groups (broad SMARTS) is 1. The van der Waals surface area contributed by atoms with Crippen molar-refractivity contribution in [3.05, 3.63) is 0 Å². The molecule has 21 heavy (non-hydrogen) atoms. The average molecular weight is 299 g/mol. The molecular formula is C15H25NO5. The second kappa shape index (κ2) is 7.75. The minimum Gasteiger partial charge on any atom is -0.481 e. The molecule has 0 bridgehead atoms. The molecule has 6 heteroatoms. The predicted molar refractivity (Wildman–Crippen MR) is 75.9 cm³/mol. The number of ether oxygens (including phenoxy) is 2. The van der Waals surface area contributed by atoms with E-state index in [1.807, 2.05) is 6.92 Å². The largest absolute Gasteiger partial charge is 0.481 e. The van der Waals surface area contributed by atoms with Crippen LogP contribution in [0.1, 0.15) is 32.6 Å². The molecule has 0 radical (unpaired) electrons. The Morgan fingerprint density at radius 3 is 2.86 bits per heavy atom. The van der Waals surface area contributed by atoms with Gasteiger partial charge in [0.1, 0.15) is 0 Å². The van der Waals surface area contributed by atoms with Gasteiger partial charge in [-0.25, -0.2) is 0 Å². The molecule has 0 spiro atoms. The molecule has 0 aliphatic carbocycles. The standard InChI is InChI=1S/C15H25NO5/c1-11-7-12(15(18)19)9-16(8-11)14(17)4-6-20-10-13-3-2-5-21-13/h11-13H,2-10H2,1H3,(H,18,19). The second-order valence-electron chi connectivity index (χ2n) is 6.13. The molecule has 0 saturated carbocycles. The highest BCUT2D eigenvalue weighted by Crippen LogP contribution is 2.22. The molecule has 1 N–H and O–H groups in total. The highest BCUT2D eigenvalue weighted by Gasteiger charge is 2.31. The Hall–Kier alpha value is -1.14. The number of piperidine rings is 1. The van der Waals surface area contributed by atoms with Gasteiger partial charge in [0.15, 0.2) is 0 Å². The molecule has 0 aromatic heterocycles. The van der Waals surface area contributed by atoms with Gasteiger partial charge in [-0.15, -0.1) is 0 Å². The third-order valence-electron chi connectivity index (χ3n) is 4.15. The van der Waals surface area contributed by atoms with Crippen LogP contribution in [0.3, 0.4) is 0 Å². The topological polar surface area (TPSA) is 76.1 Å². The minimum atomic E-state index is -0.811. The lowest BCUT2D eigenvalue weighted by Gasteiger charge is -2.34. The second-order valence-corrected chi connectivity index (χ2v) is 6.13. The van der Waals surface area contributed by atoms with Crippen LogP contribution in [0.2, 0.25) is 0 Å². The maximum absolute atomic E-state index is 12.1. The van der Waals surface area contributed by atoms with Crippen LogP contribution in [0.25, 0.3) is 0 Å². The zero-order valence-corrected chi connectivity index (χ0v) is 12.6. The SMILES string of the molecule is CC1CC(C(=O)O)CN(C(=O)CCOCC2CCCO2)C1. The van der Waals surface area contributed by atoms with E-state index in [9.17, 15) is 9.59 Å². The lowest BCUT2D eigenvalue weighted by atomic mass is 9.90. The van der Waals surface area contributed by atoms with Crippen LogP contribution in [0.4, 0.5) is 0 Å². The Kier molecular flexibility index (Phi) is 5.99. The van der Waals surface area contributed by atoms with Crippen LogP contribution in [0.15, 0.2) is 0 Å². The van der Waals surface area contributed by atoms with Crippen LogP contribution in [0, 0.1) is 11.8 Å². The van der Waals surface area contributed by atoms with Gasteiger partial charge in [-0.1, -0.05) is 6.92 Å². The zero-order chi connectivity index (χ0) is 15.2. The van der Waals surface area contributed by atoms with E-state index in [4.69, 9.17) is 14.6 Å². The summed E-state index contributed by atoms with van der Waals surface area (Å²) < 4.78 is 10.9. The van der Waals surface area contributed by atoms with Crippen LogP contribution < -0.4 is 0 Å². The van der Waals surface area contributed by atoms with Gasteiger partial charge >= 0.3 is 5.97 Å². The van der Waals surface area contributed by atoms with E-state index in [0.29, 0.717) is 39.1 Å². The molecule has 0 aromatic carbocycles. The number of nitrogens with zero attached hydrogens (tertiary/aromatic N) is 1. The summed E-state index contributed by atoms with van der Waals surface area (Å²) in [6, 6.07) is 0. The number of carbonyl (C=O) groups excluding carboxylic acids is 1. The number of amides is 1. The lowest BCUT2D eigenvalue weighted by molar-refractivity contribution is -0.147. The Labute approximate surface area is 125 Å². The fourth-order valence-electron chi connectivity index (χ4n) is 3.04. The molecule has 2 rings (SSSR count). The van der Waals surface area contributed by atoms with E-state index in [1.54, 1.807) is 4.90 Å². The molecule has 2 aliphatic heterocycles. The Balaban J connectivity index is 1.68. The first-order valence-corrected chi connectivity index (χ1v) is 7.76. The van der Waals surface area contributed by atoms with Gasteiger partial charge in [-0.2, -0.15) is 0 Å². The number of likely N-dealkylation sites (tertiary alicyclic amines) is 1. The van der Waals surface area contributed by atoms with Crippen molar-refractivity contribution in [2.24, 2.45) is 11.8 Å². The van der Waals surface area contributed by atoms with E-state index in [2.05, 4.69) is 0 Å². The summed E-state index contributed by atoms with van der Waals surface area (Å²) in [5, 5.41) is 9.11. The Morgan fingerprint density at radius 2 is 2.19 bits per heavy atom. The molecule has 2 aliphatic rings. The van der Waals surface area contributed by atoms with Crippen molar-refractivity contribution in [2.45, 2.75) is 38.7 Å². The summed E-state index contributed by atoms with van der Waals surface area (Å²) in [6.45, 7) is 4.68. The van der Waals surface area contributed by atoms with Gasteiger partial charge < -0.3 is 19.5 Å². The molecule has 2 saturated heterocycles. The summed E-state index contributed by atoms with van der Waals surface area (Å²) in [7, 11) is 0. The third-order valence-corrected chi connectivity index (χ3v) is 4.15. The van der Waals surface area contributed by atoms with Gasteiger partial charge in [-0.05, 0) is 25.2 Å². The predicted octanol–water partition coefficient (Wildman–Crippen LogP) is 1.14. The summed E-state index contributed by atoms with van der Waals surface area (Å²) in [4.78, 5) is 24.9. The number of hydrogen-bond donors (Lipinski definition) is 1. The maximum Gasteiger partial charge on any atom is 0.308 e. The monoisotopic (exact) mass is 299 g/mol.